The lowest BCUT2D eigenvalue weighted by Gasteiger charge is -2.01. The summed E-state index contributed by atoms with van der Waals surface area (Å²) in [5, 5.41) is 17.7. The second-order valence-corrected chi connectivity index (χ2v) is 4.12. The molecule has 0 heterocycles. The monoisotopic (exact) mass is 245 g/mol. The number of nitro benzene ring substituents is 1. The molecule has 0 saturated carbocycles. The van der Waals surface area contributed by atoms with Crippen LogP contribution in [-0.4, -0.2) is 10.1 Å². The zero-order valence-corrected chi connectivity index (χ0v) is 9.14. The van der Waals surface area contributed by atoms with Gasteiger partial charge in [-0.2, -0.15) is 0 Å². The Kier molecular flexibility index (Phi) is 3.93. The third-order valence-corrected chi connectivity index (χ3v) is 2.71. The minimum Gasteiger partial charge on any atom is -0.379 e. The van der Waals surface area contributed by atoms with Crippen molar-refractivity contribution in [3.63, 3.8) is 0 Å². The van der Waals surface area contributed by atoms with E-state index in [-0.39, 0.29) is 15.9 Å². The number of amidine groups is 1. The van der Waals surface area contributed by atoms with Gasteiger partial charge in [0.1, 0.15) is 5.02 Å². The van der Waals surface area contributed by atoms with Crippen molar-refractivity contribution in [2.45, 2.75) is 5.75 Å². The van der Waals surface area contributed by atoms with Gasteiger partial charge in [0.05, 0.1) is 4.92 Å². The fourth-order valence-electron chi connectivity index (χ4n) is 0.949. The molecule has 1 aromatic carbocycles. The molecule has 0 aromatic heterocycles. The van der Waals surface area contributed by atoms with Crippen LogP contribution in [0.4, 0.5) is 5.69 Å². The first-order valence-electron chi connectivity index (χ1n) is 3.90. The molecule has 0 amide bonds. The zero-order valence-electron chi connectivity index (χ0n) is 7.57. The number of nitrogens with one attached hydrogen (secondary N) is 1. The zero-order chi connectivity index (χ0) is 11.4. The second kappa shape index (κ2) is 4.99. The Morgan fingerprint density at radius 3 is 2.87 bits per heavy atom. The minimum atomic E-state index is -0.537. The highest BCUT2D eigenvalue weighted by Gasteiger charge is 2.12. The molecule has 0 radical (unpaired) electrons. The summed E-state index contributed by atoms with van der Waals surface area (Å²) in [6, 6.07) is 4.53. The third kappa shape index (κ3) is 3.41. The summed E-state index contributed by atoms with van der Waals surface area (Å²) in [6.07, 6.45) is 0. The van der Waals surface area contributed by atoms with Crippen LogP contribution in [0.2, 0.25) is 5.02 Å². The maximum absolute atomic E-state index is 10.6. The smallest absolute Gasteiger partial charge is 0.288 e. The molecule has 1 rings (SSSR count). The predicted molar refractivity (Wildman–Crippen MR) is 61.3 cm³/mol. The topological polar surface area (TPSA) is 93.0 Å². The number of nitrogens with two attached hydrogens (primary N) is 1. The lowest BCUT2D eigenvalue weighted by molar-refractivity contribution is -0.384. The summed E-state index contributed by atoms with van der Waals surface area (Å²) in [5.74, 6) is 0.424. The van der Waals surface area contributed by atoms with Gasteiger partial charge in [-0.05, 0) is 11.6 Å². The molecule has 0 atom stereocenters. The van der Waals surface area contributed by atoms with Gasteiger partial charge < -0.3 is 5.73 Å². The fourth-order valence-corrected chi connectivity index (χ4v) is 1.64. The van der Waals surface area contributed by atoms with E-state index in [0.29, 0.717) is 11.3 Å². The summed E-state index contributed by atoms with van der Waals surface area (Å²) in [5.41, 5.74) is 5.74. The van der Waals surface area contributed by atoms with Gasteiger partial charge in [0.2, 0.25) is 0 Å². The number of halogens is 1. The number of hydrogen-bond donors (Lipinski definition) is 2. The van der Waals surface area contributed by atoms with E-state index in [1.165, 1.54) is 12.1 Å². The molecule has 80 valence electrons. The van der Waals surface area contributed by atoms with Crippen molar-refractivity contribution in [2.24, 2.45) is 5.73 Å². The number of benzene rings is 1. The molecular weight excluding hydrogens is 238 g/mol. The van der Waals surface area contributed by atoms with Gasteiger partial charge in [-0.3, -0.25) is 15.5 Å². The van der Waals surface area contributed by atoms with Crippen molar-refractivity contribution in [3.8, 4) is 0 Å². The fraction of sp³-hybridized carbons (Fsp3) is 0.125. The van der Waals surface area contributed by atoms with Crippen molar-refractivity contribution in [2.75, 3.05) is 0 Å². The van der Waals surface area contributed by atoms with Crippen molar-refractivity contribution in [1.29, 1.82) is 5.41 Å². The Labute approximate surface area is 95.3 Å². The molecule has 0 unspecified atom stereocenters. The van der Waals surface area contributed by atoms with E-state index in [2.05, 4.69) is 0 Å². The first-order chi connectivity index (χ1) is 7.00. The van der Waals surface area contributed by atoms with Crippen LogP contribution in [0.3, 0.4) is 0 Å². The molecule has 5 nitrogen and oxygen atoms in total. The molecular formula is C8H8ClN3O2S. The van der Waals surface area contributed by atoms with Gasteiger partial charge >= 0.3 is 0 Å². The standard InChI is InChI=1S/C8H8ClN3O2S/c9-6-2-1-5(4-15-8(10)11)3-7(6)12(13)14/h1-3H,4H2,(H3,10,11). The van der Waals surface area contributed by atoms with Gasteiger partial charge in [0, 0.05) is 11.8 Å². The molecule has 1 aromatic rings. The highest BCUT2D eigenvalue weighted by Crippen LogP contribution is 2.26. The summed E-state index contributed by atoms with van der Waals surface area (Å²) >= 11 is 6.74. The highest BCUT2D eigenvalue weighted by atomic mass is 35.5. The molecule has 0 aliphatic rings. The normalized spacial score (nSPS) is 9.93. The Morgan fingerprint density at radius 2 is 2.33 bits per heavy atom. The van der Waals surface area contributed by atoms with Crippen molar-refractivity contribution in [1.82, 2.24) is 0 Å². The van der Waals surface area contributed by atoms with Crippen molar-refractivity contribution < 1.29 is 4.92 Å². The van der Waals surface area contributed by atoms with Crippen LogP contribution in [0.15, 0.2) is 18.2 Å². The Bertz CT molecular complexity index is 411. The highest BCUT2D eigenvalue weighted by molar-refractivity contribution is 8.13. The lowest BCUT2D eigenvalue weighted by atomic mass is 10.2. The quantitative estimate of drug-likeness (QED) is 0.370. The molecule has 0 bridgehead atoms. The molecule has 15 heavy (non-hydrogen) atoms. The van der Waals surface area contributed by atoms with Crippen LogP contribution in [0.1, 0.15) is 5.56 Å². The van der Waals surface area contributed by atoms with Crippen LogP contribution >= 0.6 is 23.4 Å². The Balaban J connectivity index is 2.87. The van der Waals surface area contributed by atoms with Crippen LogP contribution in [0.5, 0.6) is 0 Å². The van der Waals surface area contributed by atoms with Gasteiger partial charge in [-0.15, -0.1) is 0 Å². The van der Waals surface area contributed by atoms with E-state index in [4.69, 9.17) is 22.7 Å². The molecule has 0 fully saturated rings. The van der Waals surface area contributed by atoms with E-state index >= 15 is 0 Å². The second-order valence-electron chi connectivity index (χ2n) is 2.70. The number of hydrogen-bond acceptors (Lipinski definition) is 4. The summed E-state index contributed by atoms with van der Waals surface area (Å²) in [4.78, 5) is 10.0. The maximum atomic E-state index is 10.6. The van der Waals surface area contributed by atoms with Crippen molar-refractivity contribution in [3.05, 3.63) is 38.9 Å². The maximum Gasteiger partial charge on any atom is 0.288 e. The van der Waals surface area contributed by atoms with Crippen LogP contribution in [-0.2, 0) is 5.75 Å². The third-order valence-electron chi connectivity index (χ3n) is 1.60. The number of rotatable bonds is 3. The largest absolute Gasteiger partial charge is 0.379 e. The van der Waals surface area contributed by atoms with Gasteiger partial charge in [-0.25, -0.2) is 0 Å². The number of nitro groups is 1. The van der Waals surface area contributed by atoms with E-state index in [0.717, 1.165) is 11.8 Å². The molecule has 0 aliphatic heterocycles. The minimum absolute atomic E-state index is 0.0207. The molecule has 0 spiro atoms. The van der Waals surface area contributed by atoms with E-state index in [1.807, 2.05) is 0 Å². The molecule has 0 saturated heterocycles. The first-order valence-corrected chi connectivity index (χ1v) is 5.26. The van der Waals surface area contributed by atoms with Crippen LogP contribution in [0, 0.1) is 15.5 Å². The van der Waals surface area contributed by atoms with E-state index < -0.39 is 4.92 Å². The average molecular weight is 246 g/mol. The lowest BCUT2D eigenvalue weighted by Crippen LogP contribution is -2.03. The van der Waals surface area contributed by atoms with Gasteiger partial charge in [0.25, 0.3) is 5.69 Å². The first kappa shape index (κ1) is 11.8. The Morgan fingerprint density at radius 1 is 1.67 bits per heavy atom. The predicted octanol–water partition coefficient (Wildman–Crippen LogP) is 2.37. The van der Waals surface area contributed by atoms with E-state index in [1.54, 1.807) is 6.07 Å². The number of thioether (sulfide) groups is 1. The summed E-state index contributed by atoms with van der Waals surface area (Å²) in [7, 11) is 0. The summed E-state index contributed by atoms with van der Waals surface area (Å²) < 4.78 is 0. The Hall–Kier alpha value is -1.27. The van der Waals surface area contributed by atoms with Crippen LogP contribution < -0.4 is 5.73 Å². The van der Waals surface area contributed by atoms with Crippen LogP contribution in [0.25, 0.3) is 0 Å². The average Bonchev–Trinajstić information content (AvgIpc) is 2.16. The molecule has 0 aliphatic carbocycles. The van der Waals surface area contributed by atoms with E-state index in [9.17, 15) is 10.1 Å². The van der Waals surface area contributed by atoms with Gasteiger partial charge in [0.15, 0.2) is 5.17 Å². The van der Waals surface area contributed by atoms with Gasteiger partial charge in [-0.1, -0.05) is 29.4 Å². The molecule has 7 heteroatoms. The SMILES string of the molecule is N=C(N)SCc1ccc(Cl)c([N+](=O)[O-])c1. The van der Waals surface area contributed by atoms with Crippen molar-refractivity contribution >= 4 is 34.2 Å². The number of nitrogens with zero attached hydrogens (tertiary/aromatic N) is 1. The summed E-state index contributed by atoms with van der Waals surface area (Å²) in [6.45, 7) is 0. The molecule has 3 N–H and O–H groups in total.